The number of ether oxygens (including phenoxy) is 1. The number of para-hydroxylation sites is 1. The third-order valence-corrected chi connectivity index (χ3v) is 8.24. The van der Waals surface area contributed by atoms with Gasteiger partial charge in [-0.2, -0.15) is 0 Å². The van der Waals surface area contributed by atoms with Crippen molar-refractivity contribution in [3.63, 3.8) is 0 Å². The second-order valence-electron chi connectivity index (χ2n) is 9.90. The third-order valence-electron chi connectivity index (χ3n) is 7.26. The molecular weight excluding hydrogens is 524 g/mol. The minimum atomic E-state index is -0.683. The normalized spacial score (nSPS) is 17.4. The fourth-order valence-corrected chi connectivity index (χ4v) is 6.32. The van der Waals surface area contributed by atoms with Crippen LogP contribution in [0.15, 0.2) is 92.2 Å². The lowest BCUT2D eigenvalue weighted by atomic mass is 9.95. The molecule has 6 rings (SSSR count). The third kappa shape index (κ3) is 5.00. The Labute approximate surface area is 235 Å². The zero-order chi connectivity index (χ0) is 27.6. The number of fused-ring (bicyclic) bond motifs is 1. The van der Waals surface area contributed by atoms with Crippen molar-refractivity contribution in [3.05, 3.63) is 109 Å². The average molecular weight is 555 g/mol. The highest BCUT2D eigenvalue weighted by Gasteiger charge is 2.33. The Morgan fingerprint density at radius 3 is 2.65 bits per heavy atom. The maximum Gasteiger partial charge on any atom is 0.271 e. The van der Waals surface area contributed by atoms with E-state index in [1.807, 2.05) is 73.7 Å². The minimum Gasteiger partial charge on any atom is -0.497 e. The van der Waals surface area contributed by atoms with Crippen LogP contribution in [0.4, 0.5) is 11.6 Å². The highest BCUT2D eigenvalue weighted by molar-refractivity contribution is 7.07. The number of nitrogens with one attached hydrogen (secondary N) is 1. The van der Waals surface area contributed by atoms with Crippen LogP contribution in [0.3, 0.4) is 0 Å². The Morgan fingerprint density at radius 1 is 1.07 bits per heavy atom. The molecule has 1 N–H and O–H groups in total. The van der Waals surface area contributed by atoms with Gasteiger partial charge in [-0.15, -0.1) is 0 Å². The highest BCUT2D eigenvalue weighted by Crippen LogP contribution is 2.32. The Morgan fingerprint density at radius 2 is 1.88 bits per heavy atom. The van der Waals surface area contributed by atoms with Crippen LogP contribution in [0, 0.1) is 0 Å². The van der Waals surface area contributed by atoms with Gasteiger partial charge in [-0.05, 0) is 62.1 Å². The van der Waals surface area contributed by atoms with Gasteiger partial charge < -0.3 is 19.4 Å². The maximum atomic E-state index is 13.9. The van der Waals surface area contributed by atoms with Crippen molar-refractivity contribution in [1.82, 2.24) is 4.57 Å². The monoisotopic (exact) mass is 554 g/mol. The summed E-state index contributed by atoms with van der Waals surface area (Å²) in [6.07, 6.45) is 5.31. The van der Waals surface area contributed by atoms with E-state index >= 15 is 0 Å². The van der Waals surface area contributed by atoms with E-state index < -0.39 is 6.04 Å². The smallest absolute Gasteiger partial charge is 0.271 e. The molecule has 0 saturated carbocycles. The number of thiazole rings is 1. The van der Waals surface area contributed by atoms with Crippen LogP contribution >= 0.6 is 11.3 Å². The number of hydrogen-bond acceptors (Lipinski definition) is 7. The van der Waals surface area contributed by atoms with Crippen LogP contribution in [0.2, 0.25) is 0 Å². The van der Waals surface area contributed by atoms with Crippen molar-refractivity contribution in [2.24, 2.45) is 4.99 Å². The molecule has 2 aromatic heterocycles. The molecule has 1 saturated heterocycles. The van der Waals surface area contributed by atoms with E-state index in [0.29, 0.717) is 37.8 Å². The highest BCUT2D eigenvalue weighted by atomic mass is 32.1. The van der Waals surface area contributed by atoms with Crippen molar-refractivity contribution in [1.29, 1.82) is 0 Å². The number of carbonyl (C=O) groups is 1. The van der Waals surface area contributed by atoms with Crippen molar-refractivity contribution < 1.29 is 13.9 Å². The predicted molar refractivity (Wildman–Crippen MR) is 157 cm³/mol. The van der Waals surface area contributed by atoms with Gasteiger partial charge in [0.1, 0.15) is 11.5 Å². The molecule has 0 bridgehead atoms. The lowest BCUT2D eigenvalue weighted by Crippen LogP contribution is -2.40. The van der Waals surface area contributed by atoms with Gasteiger partial charge in [0.05, 0.1) is 29.0 Å². The van der Waals surface area contributed by atoms with Gasteiger partial charge in [0.2, 0.25) is 0 Å². The summed E-state index contributed by atoms with van der Waals surface area (Å²) in [6, 6.07) is 19.9. The van der Waals surface area contributed by atoms with E-state index in [-0.39, 0.29) is 11.5 Å². The number of amides is 1. The number of methoxy groups -OCH3 is 1. The van der Waals surface area contributed by atoms with Gasteiger partial charge in [0, 0.05) is 30.9 Å². The van der Waals surface area contributed by atoms with Gasteiger partial charge in [0.25, 0.3) is 11.5 Å². The molecule has 0 aliphatic carbocycles. The summed E-state index contributed by atoms with van der Waals surface area (Å²) >= 11 is 1.29. The molecule has 2 aliphatic rings. The molecule has 40 heavy (non-hydrogen) atoms. The van der Waals surface area contributed by atoms with E-state index in [2.05, 4.69) is 10.2 Å². The van der Waals surface area contributed by atoms with E-state index in [0.717, 1.165) is 37.4 Å². The first-order valence-corrected chi connectivity index (χ1v) is 14.2. The van der Waals surface area contributed by atoms with Crippen LogP contribution in [0.1, 0.15) is 43.6 Å². The van der Waals surface area contributed by atoms with Gasteiger partial charge in [-0.1, -0.05) is 41.7 Å². The van der Waals surface area contributed by atoms with Crippen molar-refractivity contribution in [2.75, 3.05) is 30.4 Å². The molecule has 4 heterocycles. The van der Waals surface area contributed by atoms with Crippen molar-refractivity contribution >= 4 is 34.9 Å². The first-order valence-electron chi connectivity index (χ1n) is 13.4. The Bertz CT molecular complexity index is 1760. The number of allylic oxidation sites excluding steroid dienone is 1. The SMILES string of the molecule is COc1cccc([C@H]2C(C(=O)Nc3ccccc3)=C(C)N=c3sc(=Cc4ccc(N5CCCCC5)o4)c(=O)n32)c1. The zero-order valence-corrected chi connectivity index (χ0v) is 23.2. The summed E-state index contributed by atoms with van der Waals surface area (Å²) in [5.74, 6) is 1.76. The number of benzene rings is 2. The van der Waals surface area contributed by atoms with Crippen LogP contribution < -0.4 is 29.8 Å². The van der Waals surface area contributed by atoms with E-state index in [9.17, 15) is 9.59 Å². The minimum absolute atomic E-state index is 0.231. The Hall–Kier alpha value is -4.37. The number of anilines is 2. The van der Waals surface area contributed by atoms with Gasteiger partial charge in [-0.3, -0.25) is 14.2 Å². The topological polar surface area (TPSA) is 89.1 Å². The maximum absolute atomic E-state index is 13.9. The van der Waals surface area contributed by atoms with Crippen molar-refractivity contribution in [2.45, 2.75) is 32.2 Å². The molecule has 204 valence electrons. The number of piperidine rings is 1. The number of furan rings is 1. The molecular formula is C31H30N4O4S. The van der Waals surface area contributed by atoms with Gasteiger partial charge in [0.15, 0.2) is 10.7 Å². The summed E-state index contributed by atoms with van der Waals surface area (Å²) in [6.45, 7) is 3.76. The van der Waals surface area contributed by atoms with Gasteiger partial charge >= 0.3 is 0 Å². The lowest BCUT2D eigenvalue weighted by molar-refractivity contribution is -0.113. The second-order valence-corrected chi connectivity index (χ2v) is 10.9. The standard InChI is InChI=1S/C31H30N4O4S/c1-20-27(29(36)33-22-11-5-3-6-12-22)28(21-10-9-13-23(18-21)38-2)35-30(37)25(40-31(35)32-20)19-24-14-15-26(39-24)34-16-7-4-8-17-34/h3,5-6,9-15,18-19,28H,4,7-8,16-17H2,1-2H3,(H,33,36)/t28-/m0/s1. The molecule has 0 spiro atoms. The average Bonchev–Trinajstić information content (AvgIpc) is 3.57. The summed E-state index contributed by atoms with van der Waals surface area (Å²) < 4.78 is 13.7. The number of carbonyl (C=O) groups excluding carboxylic acids is 1. The molecule has 1 amide bonds. The number of hydrogen-bond donors (Lipinski definition) is 1. The molecule has 1 atom stereocenters. The first kappa shape index (κ1) is 25.9. The quantitative estimate of drug-likeness (QED) is 0.380. The van der Waals surface area contributed by atoms with E-state index in [1.165, 1.54) is 17.8 Å². The fraction of sp³-hybridized carbons (Fsp3) is 0.258. The van der Waals surface area contributed by atoms with E-state index in [1.54, 1.807) is 17.8 Å². The van der Waals surface area contributed by atoms with Crippen LogP contribution in [0.25, 0.3) is 6.08 Å². The molecule has 2 aromatic carbocycles. The molecule has 0 unspecified atom stereocenters. The summed E-state index contributed by atoms with van der Waals surface area (Å²) in [4.78, 5) is 35.1. The summed E-state index contributed by atoms with van der Waals surface area (Å²) in [7, 11) is 1.59. The molecule has 0 radical (unpaired) electrons. The van der Waals surface area contributed by atoms with Crippen LogP contribution in [-0.4, -0.2) is 30.7 Å². The summed E-state index contributed by atoms with van der Waals surface area (Å²) in [5, 5.41) is 2.97. The largest absolute Gasteiger partial charge is 0.497 e. The fourth-order valence-electron chi connectivity index (χ4n) is 5.29. The Kier molecular flexibility index (Phi) is 7.13. The molecule has 1 fully saturated rings. The summed E-state index contributed by atoms with van der Waals surface area (Å²) in [5.41, 5.74) is 2.15. The molecule has 2 aliphatic heterocycles. The Balaban J connectivity index is 1.44. The molecule has 4 aromatic rings. The molecule has 9 heteroatoms. The lowest BCUT2D eigenvalue weighted by Gasteiger charge is -2.25. The second kappa shape index (κ2) is 11.0. The number of rotatable bonds is 6. The van der Waals surface area contributed by atoms with Gasteiger partial charge in [-0.25, -0.2) is 4.99 Å². The predicted octanol–water partition coefficient (Wildman–Crippen LogP) is 4.47. The van der Waals surface area contributed by atoms with E-state index in [4.69, 9.17) is 14.1 Å². The first-order chi connectivity index (χ1) is 19.5. The zero-order valence-electron chi connectivity index (χ0n) is 22.4. The number of nitrogens with zero attached hydrogens (tertiary/aromatic N) is 3. The molecule has 8 nitrogen and oxygen atoms in total. The van der Waals surface area contributed by atoms with Crippen molar-refractivity contribution in [3.8, 4) is 5.75 Å². The van der Waals surface area contributed by atoms with Crippen LogP contribution in [0.5, 0.6) is 5.75 Å². The number of aromatic nitrogens is 1. The van der Waals surface area contributed by atoms with Crippen LogP contribution in [-0.2, 0) is 4.79 Å².